The molecule has 0 aliphatic heterocycles. The fraction of sp³-hybridized carbons (Fsp3) is 0.200. The molecule has 0 aliphatic rings. The molecule has 0 aliphatic carbocycles. The molecule has 0 saturated carbocycles. The van der Waals surface area contributed by atoms with Gasteiger partial charge in [0.2, 0.25) is 5.96 Å². The van der Waals surface area contributed by atoms with Gasteiger partial charge in [-0.05, 0) is 25.1 Å². The molecule has 0 amide bonds. The summed E-state index contributed by atoms with van der Waals surface area (Å²) >= 11 is 0. The smallest absolute Gasteiger partial charge is 0.211 e. The Morgan fingerprint density at radius 3 is 2.88 bits per heavy atom. The predicted octanol–water partition coefficient (Wildman–Crippen LogP) is 0.431. The molecule has 1 rings (SSSR count). The van der Waals surface area contributed by atoms with Gasteiger partial charge in [-0.1, -0.05) is 0 Å². The third-order valence-electron chi connectivity index (χ3n) is 1.78. The number of nitrogens with two attached hydrogens (primary N) is 2. The molecule has 0 bridgehead atoms. The second-order valence-corrected chi connectivity index (χ2v) is 3.07. The molecule has 6 nitrogen and oxygen atoms in total. The van der Waals surface area contributed by atoms with Crippen LogP contribution in [0.4, 0.5) is 5.69 Å². The lowest BCUT2D eigenvalue weighted by molar-refractivity contribution is 0.474. The molecule has 0 fully saturated rings. The zero-order chi connectivity index (χ0) is 12.0. The number of nitrogens with zero attached hydrogens (tertiary/aromatic N) is 2. The Morgan fingerprint density at radius 1 is 1.50 bits per heavy atom. The van der Waals surface area contributed by atoms with Gasteiger partial charge in [-0.15, -0.1) is 5.10 Å². The summed E-state index contributed by atoms with van der Waals surface area (Å²) in [6.07, 6.45) is 1.38. The Labute approximate surface area is 93.7 Å². The molecule has 0 aromatic heterocycles. The number of phenols is 1. The highest BCUT2D eigenvalue weighted by Gasteiger charge is 1.99. The van der Waals surface area contributed by atoms with E-state index in [1.807, 2.05) is 6.92 Å². The van der Waals surface area contributed by atoms with Crippen molar-refractivity contribution >= 4 is 17.9 Å². The topological polar surface area (TPSA) is 109 Å². The van der Waals surface area contributed by atoms with Crippen LogP contribution in [0.1, 0.15) is 12.5 Å². The van der Waals surface area contributed by atoms with E-state index in [1.54, 1.807) is 18.2 Å². The summed E-state index contributed by atoms with van der Waals surface area (Å²) in [7, 11) is 0. The molecule has 6 heteroatoms. The van der Waals surface area contributed by atoms with Crippen molar-refractivity contribution in [1.82, 2.24) is 0 Å². The van der Waals surface area contributed by atoms with Crippen LogP contribution in [-0.4, -0.2) is 23.8 Å². The van der Waals surface area contributed by atoms with E-state index in [2.05, 4.69) is 15.5 Å². The third kappa shape index (κ3) is 3.49. The maximum atomic E-state index is 9.54. The summed E-state index contributed by atoms with van der Waals surface area (Å²) in [4.78, 5) is 0. The van der Waals surface area contributed by atoms with Crippen molar-refractivity contribution in [2.75, 3.05) is 11.9 Å². The van der Waals surface area contributed by atoms with E-state index in [9.17, 15) is 5.11 Å². The van der Waals surface area contributed by atoms with E-state index in [0.29, 0.717) is 5.56 Å². The van der Waals surface area contributed by atoms with Gasteiger partial charge in [0.05, 0.1) is 6.21 Å². The van der Waals surface area contributed by atoms with Crippen LogP contribution in [0, 0.1) is 0 Å². The molecular formula is C10H15N5O. The second kappa shape index (κ2) is 5.59. The van der Waals surface area contributed by atoms with E-state index >= 15 is 0 Å². The number of guanidine groups is 1. The largest absolute Gasteiger partial charge is 0.507 e. The van der Waals surface area contributed by atoms with Crippen molar-refractivity contribution in [2.45, 2.75) is 6.92 Å². The van der Waals surface area contributed by atoms with Crippen molar-refractivity contribution in [2.24, 2.45) is 21.7 Å². The number of nitrogens with one attached hydrogen (secondary N) is 1. The Hall–Kier alpha value is -2.24. The number of hydrogen-bond donors (Lipinski definition) is 4. The van der Waals surface area contributed by atoms with Crippen LogP contribution in [0.5, 0.6) is 5.75 Å². The van der Waals surface area contributed by atoms with Crippen LogP contribution in [0.25, 0.3) is 0 Å². The average Bonchev–Trinajstić information content (AvgIpc) is 2.22. The summed E-state index contributed by atoms with van der Waals surface area (Å²) in [5.74, 6) is -0.00484. The number of anilines is 1. The van der Waals surface area contributed by atoms with Crippen LogP contribution in [0.3, 0.4) is 0 Å². The van der Waals surface area contributed by atoms with Gasteiger partial charge in [0.25, 0.3) is 0 Å². The quantitative estimate of drug-likeness (QED) is 0.256. The Kier molecular flexibility index (Phi) is 4.14. The van der Waals surface area contributed by atoms with Gasteiger partial charge in [0, 0.05) is 17.8 Å². The highest BCUT2D eigenvalue weighted by Crippen LogP contribution is 2.19. The molecule has 0 spiro atoms. The van der Waals surface area contributed by atoms with Gasteiger partial charge >= 0.3 is 0 Å². The van der Waals surface area contributed by atoms with E-state index < -0.39 is 0 Å². The summed E-state index contributed by atoms with van der Waals surface area (Å²) < 4.78 is 0. The van der Waals surface area contributed by atoms with Crippen LogP contribution >= 0.6 is 0 Å². The molecule has 1 aromatic carbocycles. The SMILES string of the molecule is CCNc1ccc(O)c(/C=N/N=C(N)N)c1. The first-order valence-electron chi connectivity index (χ1n) is 4.82. The van der Waals surface area contributed by atoms with Gasteiger partial charge in [0.15, 0.2) is 0 Å². The van der Waals surface area contributed by atoms with Gasteiger partial charge in [-0.2, -0.15) is 5.10 Å². The van der Waals surface area contributed by atoms with E-state index in [-0.39, 0.29) is 11.7 Å². The highest BCUT2D eigenvalue weighted by molar-refractivity contribution is 5.86. The first kappa shape index (κ1) is 11.8. The predicted molar refractivity (Wildman–Crippen MR) is 65.7 cm³/mol. The van der Waals surface area contributed by atoms with Crippen molar-refractivity contribution < 1.29 is 5.11 Å². The second-order valence-electron chi connectivity index (χ2n) is 3.07. The van der Waals surface area contributed by atoms with Gasteiger partial charge in [-0.25, -0.2) is 0 Å². The fourth-order valence-electron chi connectivity index (χ4n) is 1.13. The maximum Gasteiger partial charge on any atom is 0.211 e. The zero-order valence-electron chi connectivity index (χ0n) is 9.01. The van der Waals surface area contributed by atoms with Crippen molar-refractivity contribution in [3.8, 4) is 5.75 Å². The molecular weight excluding hydrogens is 206 g/mol. The minimum absolute atomic E-state index is 0.121. The molecule has 16 heavy (non-hydrogen) atoms. The monoisotopic (exact) mass is 221 g/mol. The van der Waals surface area contributed by atoms with Gasteiger partial charge in [-0.3, -0.25) is 0 Å². The summed E-state index contributed by atoms with van der Waals surface area (Å²) in [5.41, 5.74) is 11.7. The van der Waals surface area contributed by atoms with E-state index in [4.69, 9.17) is 11.5 Å². The van der Waals surface area contributed by atoms with E-state index in [1.165, 1.54) is 6.21 Å². The number of hydrogen-bond acceptors (Lipinski definition) is 4. The lowest BCUT2D eigenvalue weighted by atomic mass is 10.2. The first-order valence-corrected chi connectivity index (χ1v) is 4.82. The molecule has 0 radical (unpaired) electrons. The Bertz CT molecular complexity index is 410. The summed E-state index contributed by atoms with van der Waals surface area (Å²) in [6, 6.07) is 5.11. The van der Waals surface area contributed by atoms with Crippen molar-refractivity contribution in [3.63, 3.8) is 0 Å². The molecule has 86 valence electrons. The standard InChI is InChI=1S/C10H15N5O/c1-2-13-8-3-4-9(16)7(5-8)6-14-15-10(11)12/h3-6,13,16H,2H2,1H3,(H4,11,12,15)/b14-6+. The van der Waals surface area contributed by atoms with Crippen LogP contribution in [0.15, 0.2) is 28.4 Å². The highest BCUT2D eigenvalue weighted by atomic mass is 16.3. The van der Waals surface area contributed by atoms with Crippen LogP contribution in [0.2, 0.25) is 0 Å². The fourth-order valence-corrected chi connectivity index (χ4v) is 1.13. The normalized spacial score (nSPS) is 10.3. The Morgan fingerprint density at radius 2 is 2.25 bits per heavy atom. The van der Waals surface area contributed by atoms with Gasteiger partial charge in [0.1, 0.15) is 5.75 Å². The number of aromatic hydroxyl groups is 1. The van der Waals surface area contributed by atoms with Crippen molar-refractivity contribution in [1.29, 1.82) is 0 Å². The molecule has 0 saturated heterocycles. The van der Waals surface area contributed by atoms with Crippen LogP contribution < -0.4 is 16.8 Å². The number of rotatable bonds is 4. The molecule has 0 atom stereocenters. The molecule has 0 unspecified atom stereocenters. The molecule has 0 heterocycles. The minimum Gasteiger partial charge on any atom is -0.507 e. The summed E-state index contributed by atoms with van der Waals surface area (Å²) in [6.45, 7) is 2.79. The Balaban J connectivity index is 2.89. The first-order chi connectivity index (χ1) is 7.63. The number of phenolic OH excluding ortho intramolecular Hbond substituents is 1. The van der Waals surface area contributed by atoms with Gasteiger partial charge < -0.3 is 21.9 Å². The molecule has 1 aromatic rings. The summed E-state index contributed by atoms with van der Waals surface area (Å²) in [5, 5.41) is 19.7. The lowest BCUT2D eigenvalue weighted by Crippen LogP contribution is -2.21. The lowest BCUT2D eigenvalue weighted by Gasteiger charge is -2.04. The van der Waals surface area contributed by atoms with E-state index in [0.717, 1.165) is 12.2 Å². The average molecular weight is 221 g/mol. The zero-order valence-corrected chi connectivity index (χ0v) is 9.01. The molecule has 6 N–H and O–H groups in total. The maximum absolute atomic E-state index is 9.54. The third-order valence-corrected chi connectivity index (χ3v) is 1.78. The van der Waals surface area contributed by atoms with Crippen molar-refractivity contribution in [3.05, 3.63) is 23.8 Å². The van der Waals surface area contributed by atoms with Crippen LogP contribution in [-0.2, 0) is 0 Å². The number of benzene rings is 1. The minimum atomic E-state index is -0.126.